The number of anilines is 1. The van der Waals surface area contributed by atoms with Crippen molar-refractivity contribution < 1.29 is 14.1 Å². The van der Waals surface area contributed by atoms with Gasteiger partial charge in [0.2, 0.25) is 0 Å². The summed E-state index contributed by atoms with van der Waals surface area (Å²) in [5, 5.41) is 14.6. The Morgan fingerprint density at radius 3 is 2.79 bits per heavy atom. The maximum absolute atomic E-state index is 11.7. The first-order valence-corrected chi connectivity index (χ1v) is 7.70. The minimum atomic E-state index is -1.07. The van der Waals surface area contributed by atoms with Crippen LogP contribution in [0, 0.1) is 5.41 Å². The van der Waals surface area contributed by atoms with E-state index in [1.54, 1.807) is 30.5 Å². The van der Waals surface area contributed by atoms with E-state index in [1.807, 2.05) is 0 Å². The summed E-state index contributed by atoms with van der Waals surface area (Å²) < 4.78 is 11.3. The average Bonchev–Trinajstić information content (AvgIpc) is 3.17. The summed E-state index contributed by atoms with van der Waals surface area (Å²) in [6, 6.07) is 6.63. The van der Waals surface area contributed by atoms with Gasteiger partial charge in [-0.2, -0.15) is 0 Å². The fraction of sp³-hybridized carbons (Fsp3) is 0.462. The third-order valence-corrected chi connectivity index (χ3v) is 4.26. The van der Waals surface area contributed by atoms with Crippen LogP contribution >= 0.6 is 0 Å². The van der Waals surface area contributed by atoms with Crippen LogP contribution in [0.2, 0.25) is 0 Å². The summed E-state index contributed by atoms with van der Waals surface area (Å²) in [5.74, 6) is 0. The summed E-state index contributed by atoms with van der Waals surface area (Å²) in [7, 11) is -1.07. The number of carbonyl (C=O) groups excluding carboxylic acids is 1. The number of urea groups is 1. The van der Waals surface area contributed by atoms with Crippen LogP contribution in [-0.2, 0) is 10.8 Å². The monoisotopic (exact) mass is 282 g/mol. The van der Waals surface area contributed by atoms with Gasteiger partial charge in [0.05, 0.1) is 6.61 Å². The smallest absolute Gasteiger partial charge is 0.319 e. The van der Waals surface area contributed by atoms with Crippen LogP contribution in [0.1, 0.15) is 12.8 Å². The van der Waals surface area contributed by atoms with E-state index < -0.39 is 10.8 Å². The zero-order chi connectivity index (χ0) is 13.9. The number of hydrogen-bond donors (Lipinski definition) is 3. The van der Waals surface area contributed by atoms with Crippen molar-refractivity contribution in [3.05, 3.63) is 24.3 Å². The lowest BCUT2D eigenvalue weighted by molar-refractivity contribution is 0.206. The fourth-order valence-corrected chi connectivity index (χ4v) is 2.33. The van der Waals surface area contributed by atoms with E-state index in [4.69, 9.17) is 5.11 Å². The van der Waals surface area contributed by atoms with Crippen LogP contribution in [0.25, 0.3) is 0 Å². The molecule has 1 aromatic rings. The molecule has 0 heterocycles. The molecule has 1 aliphatic rings. The van der Waals surface area contributed by atoms with E-state index in [2.05, 4.69) is 10.6 Å². The van der Waals surface area contributed by atoms with Gasteiger partial charge >= 0.3 is 6.03 Å². The number of benzene rings is 1. The Kier molecular flexibility index (Phi) is 4.21. The van der Waals surface area contributed by atoms with E-state index >= 15 is 0 Å². The van der Waals surface area contributed by atoms with E-state index in [-0.39, 0.29) is 18.1 Å². The lowest BCUT2D eigenvalue weighted by atomic mass is 10.1. The summed E-state index contributed by atoms with van der Waals surface area (Å²) in [4.78, 5) is 12.4. The molecule has 1 unspecified atom stereocenters. The number of carbonyl (C=O) groups is 1. The molecule has 1 aliphatic carbocycles. The van der Waals surface area contributed by atoms with Gasteiger partial charge in [-0.3, -0.25) is 4.21 Å². The van der Waals surface area contributed by atoms with Crippen molar-refractivity contribution in [3.63, 3.8) is 0 Å². The van der Waals surface area contributed by atoms with Crippen LogP contribution in [0.15, 0.2) is 29.2 Å². The minimum Gasteiger partial charge on any atom is -0.396 e. The third kappa shape index (κ3) is 3.78. The summed E-state index contributed by atoms with van der Waals surface area (Å²) >= 11 is 0. The number of hydrogen-bond acceptors (Lipinski definition) is 3. The molecule has 6 heteroatoms. The quantitative estimate of drug-likeness (QED) is 0.762. The molecule has 5 nitrogen and oxygen atoms in total. The van der Waals surface area contributed by atoms with Gasteiger partial charge in [-0.15, -0.1) is 0 Å². The molecule has 104 valence electrons. The molecule has 0 aromatic heterocycles. The van der Waals surface area contributed by atoms with Crippen molar-refractivity contribution in [1.82, 2.24) is 5.32 Å². The molecule has 0 saturated heterocycles. The van der Waals surface area contributed by atoms with Gasteiger partial charge in [0.25, 0.3) is 0 Å². The second-order valence-electron chi connectivity index (χ2n) is 4.95. The highest BCUT2D eigenvalue weighted by molar-refractivity contribution is 7.84. The third-order valence-electron chi connectivity index (χ3n) is 3.34. The van der Waals surface area contributed by atoms with Gasteiger partial charge in [-0.05, 0) is 31.0 Å². The summed E-state index contributed by atoms with van der Waals surface area (Å²) in [5.41, 5.74) is 0.503. The Balaban J connectivity index is 1.88. The molecule has 1 saturated carbocycles. The first-order valence-electron chi connectivity index (χ1n) is 6.14. The maximum atomic E-state index is 11.7. The standard InChI is InChI=1S/C13H18N2O3S/c1-19(18)11-4-2-3-10(7-11)15-12(17)14-8-13(9-16)5-6-13/h2-4,7,16H,5-6,8-9H2,1H3,(H2,14,15,17). The van der Waals surface area contributed by atoms with Crippen molar-refractivity contribution in [1.29, 1.82) is 0 Å². The molecule has 1 atom stereocenters. The Hall–Kier alpha value is -1.40. The molecule has 0 spiro atoms. The van der Waals surface area contributed by atoms with Gasteiger partial charge in [-0.1, -0.05) is 6.07 Å². The van der Waals surface area contributed by atoms with Crippen LogP contribution in [0.4, 0.5) is 10.5 Å². The zero-order valence-corrected chi connectivity index (χ0v) is 11.6. The highest BCUT2D eigenvalue weighted by Gasteiger charge is 2.42. The Morgan fingerprint density at radius 2 is 2.21 bits per heavy atom. The van der Waals surface area contributed by atoms with Crippen LogP contribution in [0.5, 0.6) is 0 Å². The SMILES string of the molecule is CS(=O)c1cccc(NC(=O)NCC2(CO)CC2)c1. The molecule has 1 aromatic carbocycles. The molecule has 1 fully saturated rings. The van der Waals surface area contributed by atoms with Crippen molar-refractivity contribution in [2.45, 2.75) is 17.7 Å². The molecule has 0 aliphatic heterocycles. The van der Waals surface area contributed by atoms with Crippen LogP contribution in [-0.4, -0.2) is 34.8 Å². The van der Waals surface area contributed by atoms with Crippen LogP contribution in [0.3, 0.4) is 0 Å². The van der Waals surface area contributed by atoms with Crippen molar-refractivity contribution >= 4 is 22.5 Å². The largest absolute Gasteiger partial charge is 0.396 e. The number of aliphatic hydroxyl groups is 1. The van der Waals surface area contributed by atoms with Crippen molar-refractivity contribution in [2.75, 3.05) is 24.7 Å². The van der Waals surface area contributed by atoms with E-state index in [9.17, 15) is 9.00 Å². The Morgan fingerprint density at radius 1 is 1.47 bits per heavy atom. The average molecular weight is 282 g/mol. The predicted molar refractivity (Wildman–Crippen MR) is 74.5 cm³/mol. The first kappa shape index (κ1) is 14.0. The van der Waals surface area contributed by atoms with Crippen molar-refractivity contribution in [2.24, 2.45) is 5.41 Å². The maximum Gasteiger partial charge on any atom is 0.319 e. The second kappa shape index (κ2) is 5.71. The van der Waals surface area contributed by atoms with Crippen LogP contribution < -0.4 is 10.6 Å². The molecule has 19 heavy (non-hydrogen) atoms. The minimum absolute atomic E-state index is 0.107. The Bertz CT molecular complexity index is 500. The topological polar surface area (TPSA) is 78.4 Å². The normalized spacial score (nSPS) is 17.6. The predicted octanol–water partition coefficient (Wildman–Crippen LogP) is 1.32. The van der Waals surface area contributed by atoms with E-state index in [0.717, 1.165) is 12.8 Å². The summed E-state index contributed by atoms with van der Waals surface area (Å²) in [6.07, 6.45) is 3.50. The first-order chi connectivity index (χ1) is 9.04. The molecule has 0 bridgehead atoms. The number of rotatable bonds is 5. The lowest BCUT2D eigenvalue weighted by Crippen LogP contribution is -2.35. The zero-order valence-electron chi connectivity index (χ0n) is 10.8. The molecular formula is C13H18N2O3S. The van der Waals surface area contributed by atoms with E-state index in [1.165, 1.54) is 0 Å². The van der Waals surface area contributed by atoms with Gasteiger partial charge in [-0.25, -0.2) is 4.79 Å². The highest BCUT2D eigenvalue weighted by Crippen LogP contribution is 2.44. The van der Waals surface area contributed by atoms with Crippen molar-refractivity contribution in [3.8, 4) is 0 Å². The molecular weight excluding hydrogens is 264 g/mol. The number of amides is 2. The van der Waals surface area contributed by atoms with Gasteiger partial charge in [0, 0.05) is 39.6 Å². The molecule has 2 amide bonds. The second-order valence-corrected chi connectivity index (χ2v) is 6.33. The van der Waals surface area contributed by atoms with Gasteiger partial charge < -0.3 is 15.7 Å². The fourth-order valence-electron chi connectivity index (χ4n) is 1.76. The molecule has 0 radical (unpaired) electrons. The van der Waals surface area contributed by atoms with Gasteiger partial charge in [0.15, 0.2) is 0 Å². The number of aliphatic hydroxyl groups excluding tert-OH is 1. The molecule has 2 rings (SSSR count). The Labute approximate surface area is 114 Å². The number of nitrogens with one attached hydrogen (secondary N) is 2. The van der Waals surface area contributed by atoms with Gasteiger partial charge in [0.1, 0.15) is 0 Å². The molecule has 3 N–H and O–H groups in total. The lowest BCUT2D eigenvalue weighted by Gasteiger charge is -2.13. The van der Waals surface area contributed by atoms with E-state index in [0.29, 0.717) is 17.1 Å². The summed E-state index contributed by atoms with van der Waals surface area (Å²) in [6.45, 7) is 0.590. The highest BCUT2D eigenvalue weighted by atomic mass is 32.2.